The van der Waals surface area contributed by atoms with E-state index in [2.05, 4.69) is 16.8 Å². The van der Waals surface area contributed by atoms with E-state index in [1.165, 1.54) is 0 Å². The van der Waals surface area contributed by atoms with Crippen molar-refractivity contribution in [3.8, 4) is 11.8 Å². The van der Waals surface area contributed by atoms with Crippen LogP contribution in [0.2, 0.25) is 0 Å². The number of carboxylic acid groups (broad SMARTS) is 1. The Morgan fingerprint density at radius 3 is 3.07 bits per heavy atom. The molecule has 0 atom stereocenters. The van der Waals surface area contributed by atoms with E-state index in [0.29, 0.717) is 0 Å². The molecular weight excluding hydrogens is 190 g/mol. The average Bonchev–Trinajstić information content (AvgIpc) is 2.64. The third-order valence-corrected chi connectivity index (χ3v) is 2.03. The molecule has 3 heteroatoms. The van der Waals surface area contributed by atoms with Gasteiger partial charge in [-0.25, -0.2) is 0 Å². The van der Waals surface area contributed by atoms with Crippen LogP contribution in [0.5, 0.6) is 0 Å². The summed E-state index contributed by atoms with van der Waals surface area (Å²) in [6.07, 6.45) is 1.74. The van der Waals surface area contributed by atoms with E-state index >= 15 is 0 Å². The highest BCUT2D eigenvalue weighted by Gasteiger charge is 1.94. The molecule has 0 unspecified atom stereocenters. The predicted octanol–water partition coefficient (Wildman–Crippen LogP) is 1.99. The molecule has 1 aromatic carbocycles. The van der Waals surface area contributed by atoms with Gasteiger partial charge in [-0.05, 0) is 23.6 Å². The van der Waals surface area contributed by atoms with E-state index in [4.69, 9.17) is 5.11 Å². The summed E-state index contributed by atoms with van der Waals surface area (Å²) in [6.45, 7) is 0. The van der Waals surface area contributed by atoms with E-state index in [1.807, 2.05) is 30.5 Å². The number of rotatable bonds is 1. The molecule has 0 saturated heterocycles. The fourth-order valence-corrected chi connectivity index (χ4v) is 1.35. The first-order valence-electron chi connectivity index (χ1n) is 4.53. The Hall–Kier alpha value is -2.21. The van der Waals surface area contributed by atoms with Crippen molar-refractivity contribution in [3.63, 3.8) is 0 Å². The first-order valence-corrected chi connectivity index (χ1v) is 4.53. The van der Waals surface area contributed by atoms with Crippen molar-refractivity contribution >= 4 is 16.9 Å². The second kappa shape index (κ2) is 3.89. The van der Waals surface area contributed by atoms with Gasteiger partial charge < -0.3 is 10.1 Å². The number of carbonyl (C=O) groups is 1. The van der Waals surface area contributed by atoms with E-state index in [1.54, 1.807) is 0 Å². The fourth-order valence-electron chi connectivity index (χ4n) is 1.35. The molecule has 0 amide bonds. The minimum atomic E-state index is -0.900. The maximum atomic E-state index is 10.3. The molecule has 1 aromatic heterocycles. The maximum absolute atomic E-state index is 10.3. The lowest BCUT2D eigenvalue weighted by atomic mass is 10.1. The van der Waals surface area contributed by atoms with Crippen LogP contribution in [-0.4, -0.2) is 16.1 Å². The van der Waals surface area contributed by atoms with Crippen LogP contribution in [0.1, 0.15) is 12.0 Å². The minimum Gasteiger partial charge on any atom is -0.481 e. The topological polar surface area (TPSA) is 53.1 Å². The highest BCUT2D eigenvalue weighted by atomic mass is 16.4. The molecule has 0 spiro atoms. The lowest BCUT2D eigenvalue weighted by Crippen LogP contribution is -1.90. The van der Waals surface area contributed by atoms with Gasteiger partial charge in [0.15, 0.2) is 0 Å². The predicted molar refractivity (Wildman–Crippen MR) is 57.4 cm³/mol. The van der Waals surface area contributed by atoms with Crippen molar-refractivity contribution in [2.75, 3.05) is 0 Å². The first kappa shape index (κ1) is 9.35. The number of aromatic amines is 1. The molecule has 0 bridgehead atoms. The second-order valence-corrected chi connectivity index (χ2v) is 3.15. The number of carboxylic acids is 1. The van der Waals surface area contributed by atoms with Gasteiger partial charge in [0.05, 0.1) is 0 Å². The summed E-state index contributed by atoms with van der Waals surface area (Å²) in [4.78, 5) is 13.3. The second-order valence-electron chi connectivity index (χ2n) is 3.15. The van der Waals surface area contributed by atoms with Crippen molar-refractivity contribution in [3.05, 3.63) is 36.0 Å². The zero-order valence-electron chi connectivity index (χ0n) is 7.95. The first-order chi connectivity index (χ1) is 7.25. The van der Waals surface area contributed by atoms with Gasteiger partial charge in [0.25, 0.3) is 0 Å². The van der Waals surface area contributed by atoms with Gasteiger partial charge in [-0.15, -0.1) is 0 Å². The van der Waals surface area contributed by atoms with Crippen LogP contribution in [0.3, 0.4) is 0 Å². The van der Waals surface area contributed by atoms with Gasteiger partial charge in [0.2, 0.25) is 0 Å². The molecule has 15 heavy (non-hydrogen) atoms. The zero-order chi connectivity index (χ0) is 10.7. The number of H-pyrrole nitrogens is 1. The lowest BCUT2D eigenvalue weighted by molar-refractivity contribution is -0.135. The van der Waals surface area contributed by atoms with Crippen molar-refractivity contribution in [1.29, 1.82) is 0 Å². The normalized spacial score (nSPS) is 9.60. The number of hydrogen-bond donors (Lipinski definition) is 2. The molecule has 3 nitrogen and oxygen atoms in total. The summed E-state index contributed by atoms with van der Waals surface area (Å²) in [7, 11) is 0. The number of aliphatic carboxylic acids is 1. The summed E-state index contributed by atoms with van der Waals surface area (Å²) in [5.41, 5.74) is 1.84. The molecule has 0 aliphatic carbocycles. The van der Waals surface area contributed by atoms with E-state index in [0.717, 1.165) is 16.5 Å². The van der Waals surface area contributed by atoms with Crippen LogP contribution < -0.4 is 0 Å². The van der Waals surface area contributed by atoms with Crippen molar-refractivity contribution in [1.82, 2.24) is 4.98 Å². The summed E-state index contributed by atoms with van der Waals surface area (Å²) in [6, 6.07) is 7.72. The van der Waals surface area contributed by atoms with E-state index in [9.17, 15) is 4.79 Å². The molecular formula is C12H9NO2. The number of nitrogens with one attached hydrogen (secondary N) is 1. The molecule has 2 aromatic rings. The Kier molecular flexibility index (Phi) is 2.42. The molecule has 2 rings (SSSR count). The standard InChI is InChI=1S/C12H9NO2/c14-12(15)3-1-2-9-4-5-10-6-7-13-11(10)8-9/h4-8,13H,3H2,(H,14,15). The van der Waals surface area contributed by atoms with Crippen molar-refractivity contribution < 1.29 is 9.90 Å². The van der Waals surface area contributed by atoms with Gasteiger partial charge in [-0.1, -0.05) is 17.9 Å². The average molecular weight is 199 g/mol. The molecule has 0 radical (unpaired) electrons. The molecule has 74 valence electrons. The summed E-state index contributed by atoms with van der Waals surface area (Å²) in [5.74, 6) is 4.50. The highest BCUT2D eigenvalue weighted by Crippen LogP contribution is 2.13. The number of hydrogen-bond acceptors (Lipinski definition) is 1. The van der Waals surface area contributed by atoms with Crippen LogP contribution in [0, 0.1) is 11.8 Å². The Labute approximate surface area is 86.7 Å². The fraction of sp³-hybridized carbons (Fsp3) is 0.0833. The minimum absolute atomic E-state index is 0.122. The Morgan fingerprint density at radius 2 is 2.27 bits per heavy atom. The van der Waals surface area contributed by atoms with Crippen molar-refractivity contribution in [2.24, 2.45) is 0 Å². The summed E-state index contributed by atoms with van der Waals surface area (Å²) in [5, 5.41) is 9.55. The van der Waals surface area contributed by atoms with Crippen LogP contribution in [0.4, 0.5) is 0 Å². The quantitative estimate of drug-likeness (QED) is 0.690. The Balaban J connectivity index is 2.27. The number of fused-ring (bicyclic) bond motifs is 1. The number of benzene rings is 1. The molecule has 0 aliphatic heterocycles. The highest BCUT2D eigenvalue weighted by molar-refractivity contribution is 5.80. The maximum Gasteiger partial charge on any atom is 0.315 e. The van der Waals surface area contributed by atoms with Gasteiger partial charge >= 0.3 is 5.97 Å². The third-order valence-electron chi connectivity index (χ3n) is 2.03. The smallest absolute Gasteiger partial charge is 0.315 e. The summed E-state index contributed by atoms with van der Waals surface area (Å²) >= 11 is 0. The van der Waals surface area contributed by atoms with Gasteiger partial charge in [0, 0.05) is 17.3 Å². The van der Waals surface area contributed by atoms with E-state index < -0.39 is 5.97 Å². The van der Waals surface area contributed by atoms with Gasteiger partial charge in [-0.2, -0.15) is 0 Å². The van der Waals surface area contributed by atoms with Crippen molar-refractivity contribution in [2.45, 2.75) is 6.42 Å². The van der Waals surface area contributed by atoms with Crippen LogP contribution in [0.25, 0.3) is 10.9 Å². The Morgan fingerprint density at radius 1 is 1.40 bits per heavy atom. The lowest BCUT2D eigenvalue weighted by Gasteiger charge is -1.91. The number of aromatic nitrogens is 1. The van der Waals surface area contributed by atoms with Crippen LogP contribution in [-0.2, 0) is 4.79 Å². The molecule has 1 heterocycles. The van der Waals surface area contributed by atoms with Gasteiger partial charge in [-0.3, -0.25) is 4.79 Å². The SMILES string of the molecule is O=C(O)CC#Cc1ccc2cc[nH]c2c1. The zero-order valence-corrected chi connectivity index (χ0v) is 7.95. The largest absolute Gasteiger partial charge is 0.481 e. The monoisotopic (exact) mass is 199 g/mol. The molecule has 0 saturated carbocycles. The Bertz CT molecular complexity index is 557. The van der Waals surface area contributed by atoms with Crippen LogP contribution in [0.15, 0.2) is 30.5 Å². The van der Waals surface area contributed by atoms with E-state index in [-0.39, 0.29) is 6.42 Å². The molecule has 0 aliphatic rings. The van der Waals surface area contributed by atoms with Gasteiger partial charge in [0.1, 0.15) is 6.42 Å². The summed E-state index contributed by atoms with van der Waals surface area (Å²) < 4.78 is 0. The molecule has 2 N–H and O–H groups in total. The van der Waals surface area contributed by atoms with Crippen LogP contribution >= 0.6 is 0 Å². The molecule has 0 fully saturated rings. The third kappa shape index (κ3) is 2.18.